The first kappa shape index (κ1) is 34.0. The van der Waals surface area contributed by atoms with Crippen LogP contribution in [0.25, 0.3) is 10.9 Å². The Morgan fingerprint density at radius 1 is 1.00 bits per heavy atom. The molecular formula is C43H54N4O5. The molecule has 1 saturated carbocycles. The lowest BCUT2D eigenvalue weighted by Gasteiger charge is -2.57. The number of esters is 2. The highest BCUT2D eigenvalue weighted by molar-refractivity contribution is 5.94. The van der Waals surface area contributed by atoms with Gasteiger partial charge in [-0.3, -0.25) is 14.5 Å². The number of para-hydroxylation sites is 1. The Hall–Kier alpha value is -3.82. The van der Waals surface area contributed by atoms with Crippen molar-refractivity contribution < 1.29 is 23.8 Å². The minimum atomic E-state index is -1.14. The first-order valence-electron chi connectivity index (χ1n) is 19.7. The number of methoxy groups -OCH3 is 3. The lowest BCUT2D eigenvalue weighted by atomic mass is 9.50. The molecule has 276 valence electrons. The minimum absolute atomic E-state index is 0.133. The van der Waals surface area contributed by atoms with Crippen LogP contribution in [0, 0.1) is 23.2 Å². The molecule has 6 aliphatic rings. The molecule has 3 aromatic rings. The Kier molecular flexibility index (Phi) is 8.08. The number of anilines is 1. The number of benzene rings is 2. The molecule has 3 fully saturated rings. The number of rotatable bonds is 6. The number of fused-ring (bicyclic) bond motifs is 6. The van der Waals surface area contributed by atoms with Crippen LogP contribution >= 0.6 is 0 Å². The third kappa shape index (κ3) is 4.53. The first-order valence-corrected chi connectivity index (χ1v) is 19.7. The molecule has 1 unspecified atom stereocenters. The molecule has 1 spiro atoms. The molecule has 6 heterocycles. The number of nitrogens with one attached hydrogen (secondary N) is 2. The van der Waals surface area contributed by atoms with Crippen LogP contribution in [0.4, 0.5) is 5.69 Å². The van der Waals surface area contributed by atoms with Crippen molar-refractivity contribution in [1.82, 2.24) is 14.8 Å². The van der Waals surface area contributed by atoms with Gasteiger partial charge in [0.05, 0.1) is 33.3 Å². The molecule has 9 nitrogen and oxygen atoms in total. The minimum Gasteiger partial charge on any atom is -0.496 e. The van der Waals surface area contributed by atoms with E-state index in [0.29, 0.717) is 18.1 Å². The van der Waals surface area contributed by atoms with Crippen LogP contribution in [0.2, 0.25) is 0 Å². The van der Waals surface area contributed by atoms with Gasteiger partial charge in [0.1, 0.15) is 11.2 Å². The summed E-state index contributed by atoms with van der Waals surface area (Å²) in [5.74, 6) is 0.816. The second-order valence-electron chi connectivity index (χ2n) is 16.7. The maximum absolute atomic E-state index is 15.1. The van der Waals surface area contributed by atoms with E-state index in [1.54, 1.807) is 7.11 Å². The molecule has 1 aromatic heterocycles. The summed E-state index contributed by atoms with van der Waals surface area (Å²) >= 11 is 0. The fourth-order valence-electron chi connectivity index (χ4n) is 12.6. The van der Waals surface area contributed by atoms with Crippen LogP contribution in [0.5, 0.6) is 5.75 Å². The molecule has 1 aliphatic carbocycles. The van der Waals surface area contributed by atoms with E-state index in [-0.39, 0.29) is 46.7 Å². The molecule has 2 N–H and O–H groups in total. The number of carbonyl (C=O) groups is 2. The molecule has 9 rings (SSSR count). The Morgan fingerprint density at radius 2 is 1.85 bits per heavy atom. The maximum atomic E-state index is 15.1. The molecular weight excluding hydrogens is 652 g/mol. The van der Waals surface area contributed by atoms with Gasteiger partial charge >= 0.3 is 11.9 Å². The zero-order valence-electron chi connectivity index (χ0n) is 31.4. The van der Waals surface area contributed by atoms with Crippen LogP contribution in [0.1, 0.15) is 74.8 Å². The summed E-state index contributed by atoms with van der Waals surface area (Å²) in [7, 11) is 4.78. The highest BCUT2D eigenvalue weighted by atomic mass is 16.5. The number of nitrogens with zero attached hydrogens (tertiary/aromatic N) is 2. The summed E-state index contributed by atoms with van der Waals surface area (Å²) in [6, 6.07) is 13.0. The molecule has 2 aromatic carbocycles. The van der Waals surface area contributed by atoms with Crippen LogP contribution < -0.4 is 10.1 Å². The van der Waals surface area contributed by atoms with Crippen molar-refractivity contribution in [3.05, 3.63) is 70.9 Å². The lowest BCUT2D eigenvalue weighted by Crippen LogP contribution is -2.66. The predicted molar refractivity (Wildman–Crippen MR) is 202 cm³/mol. The molecule has 0 amide bonds. The van der Waals surface area contributed by atoms with Crippen molar-refractivity contribution in [3.63, 3.8) is 0 Å². The fourth-order valence-corrected chi connectivity index (χ4v) is 12.6. The Balaban J connectivity index is 1.32. The SMILES string of the molecule is CC[C@H]1C[C@H]2CN(CCc3c([nH]c4ccccc34)[C@@](C(=O)OC)(c3cc4c(cc3OC)N[C@H]3[C@@H](C(=O)OC)C[C@]5(CC)C=CCN6CC[C@]43[C@@H]65)C2)C1. The monoisotopic (exact) mass is 706 g/mol. The van der Waals surface area contributed by atoms with Crippen LogP contribution in [-0.2, 0) is 36.3 Å². The van der Waals surface area contributed by atoms with Gasteiger partial charge in [0.2, 0.25) is 0 Å². The van der Waals surface area contributed by atoms with Gasteiger partial charge in [-0.2, -0.15) is 0 Å². The maximum Gasteiger partial charge on any atom is 0.322 e. The standard InChI is InChI=1S/C43H54N4O5/c1-6-26-19-27-22-43(40(49)52-5,36-29(13-17-46(24-26)25-27)28-11-8-9-12-33(28)44-36)32-20-31-34(21-35(32)50-3)45-37-30(38(48)51-4)23-41(7-2)14-10-16-47-18-15-42(31,37)39(41)47/h8-12,14,20-21,26-27,30,37,39,44-45H,6-7,13,15-19,22-25H2,1-5H3/t26-,27+,30-,37-,39-,41-,42-,43-/m0/s1. The van der Waals surface area contributed by atoms with Crippen molar-refractivity contribution in [2.24, 2.45) is 23.2 Å². The van der Waals surface area contributed by atoms with Gasteiger partial charge in [0, 0.05) is 77.0 Å². The second kappa shape index (κ2) is 12.4. The van der Waals surface area contributed by atoms with E-state index >= 15 is 4.79 Å². The van der Waals surface area contributed by atoms with E-state index in [2.05, 4.69) is 82.5 Å². The molecule has 2 saturated heterocycles. The third-order valence-corrected chi connectivity index (χ3v) is 14.7. The predicted octanol–water partition coefficient (Wildman–Crippen LogP) is 6.20. The van der Waals surface area contributed by atoms with E-state index in [1.165, 1.54) is 25.3 Å². The third-order valence-electron chi connectivity index (χ3n) is 14.7. The summed E-state index contributed by atoms with van der Waals surface area (Å²) in [6.45, 7) is 9.44. The van der Waals surface area contributed by atoms with Gasteiger partial charge in [0.15, 0.2) is 0 Å². The average Bonchev–Trinajstić information content (AvgIpc) is 3.87. The van der Waals surface area contributed by atoms with Gasteiger partial charge in [-0.25, -0.2) is 0 Å². The van der Waals surface area contributed by atoms with Crippen LogP contribution in [-0.4, -0.2) is 92.9 Å². The molecule has 0 radical (unpaired) electrons. The summed E-state index contributed by atoms with van der Waals surface area (Å²) in [5, 5.41) is 5.08. The Bertz CT molecular complexity index is 1950. The topological polar surface area (TPSA) is 96.1 Å². The lowest BCUT2D eigenvalue weighted by molar-refractivity contribution is -0.151. The van der Waals surface area contributed by atoms with Crippen LogP contribution in [0.15, 0.2) is 48.6 Å². The zero-order chi connectivity index (χ0) is 36.0. The number of aromatic nitrogens is 1. The number of H-pyrrole nitrogens is 1. The van der Waals surface area contributed by atoms with E-state index in [4.69, 9.17) is 14.2 Å². The van der Waals surface area contributed by atoms with Gasteiger partial charge in [-0.15, -0.1) is 0 Å². The van der Waals surface area contributed by atoms with E-state index in [0.717, 1.165) is 99.1 Å². The smallest absolute Gasteiger partial charge is 0.322 e. The number of hydrogen-bond acceptors (Lipinski definition) is 8. The van der Waals surface area contributed by atoms with Crippen molar-refractivity contribution >= 4 is 28.5 Å². The molecule has 52 heavy (non-hydrogen) atoms. The normalized spacial score (nSPS) is 35.9. The molecule has 9 atom stereocenters. The van der Waals surface area contributed by atoms with Crippen LogP contribution in [0.3, 0.4) is 0 Å². The summed E-state index contributed by atoms with van der Waals surface area (Å²) < 4.78 is 17.9. The molecule has 9 heteroatoms. The van der Waals surface area contributed by atoms with E-state index in [9.17, 15) is 4.79 Å². The second-order valence-corrected chi connectivity index (χ2v) is 16.7. The number of aromatic amines is 1. The Labute approximate surface area is 307 Å². The number of hydrogen-bond donors (Lipinski definition) is 2. The highest BCUT2D eigenvalue weighted by Gasteiger charge is 2.69. The Morgan fingerprint density at radius 3 is 2.62 bits per heavy atom. The van der Waals surface area contributed by atoms with E-state index in [1.807, 2.05) is 0 Å². The van der Waals surface area contributed by atoms with Crippen molar-refractivity contribution in [3.8, 4) is 5.75 Å². The number of carbonyl (C=O) groups excluding carboxylic acids is 2. The van der Waals surface area contributed by atoms with Crippen molar-refractivity contribution in [1.29, 1.82) is 0 Å². The van der Waals surface area contributed by atoms with Gasteiger partial charge in [-0.1, -0.05) is 50.6 Å². The number of piperidine rings is 1. The number of ether oxygens (including phenoxy) is 3. The molecule has 2 bridgehead atoms. The summed E-state index contributed by atoms with van der Waals surface area (Å²) in [6.07, 6.45) is 11.0. The van der Waals surface area contributed by atoms with Crippen molar-refractivity contribution in [2.45, 2.75) is 81.7 Å². The van der Waals surface area contributed by atoms with Gasteiger partial charge in [-0.05, 0) is 80.2 Å². The first-order chi connectivity index (χ1) is 25.3. The summed E-state index contributed by atoms with van der Waals surface area (Å²) in [5.41, 5.74) is 4.55. The zero-order valence-corrected chi connectivity index (χ0v) is 31.4. The van der Waals surface area contributed by atoms with Gasteiger partial charge < -0.3 is 29.4 Å². The quantitative estimate of drug-likeness (QED) is 0.232. The summed E-state index contributed by atoms with van der Waals surface area (Å²) in [4.78, 5) is 38.0. The average molecular weight is 707 g/mol. The largest absolute Gasteiger partial charge is 0.496 e. The fraction of sp³-hybridized carbons (Fsp3) is 0.581. The van der Waals surface area contributed by atoms with Crippen molar-refractivity contribution in [2.75, 3.05) is 59.4 Å². The van der Waals surface area contributed by atoms with E-state index < -0.39 is 5.41 Å². The van der Waals surface area contributed by atoms with Gasteiger partial charge in [0.25, 0.3) is 0 Å². The molecule has 5 aliphatic heterocycles. The highest BCUT2D eigenvalue weighted by Crippen LogP contribution is 2.65.